The fraction of sp³-hybridized carbons (Fsp3) is 0.300. The zero-order valence-electron chi connectivity index (χ0n) is 9.78. The minimum absolute atomic E-state index is 0.0228. The largest absolute Gasteiger partial charge is 0.346 e. The average molecular weight is 281 g/mol. The molecule has 0 radical (unpaired) electrons. The van der Waals surface area contributed by atoms with Crippen molar-refractivity contribution in [1.82, 2.24) is 15.0 Å². The van der Waals surface area contributed by atoms with Crippen LogP contribution in [-0.4, -0.2) is 41.1 Å². The number of nitrogens with zero attached hydrogens (tertiary/aromatic N) is 3. The van der Waals surface area contributed by atoms with Gasteiger partial charge in [-0.2, -0.15) is 0 Å². The molecule has 0 aliphatic carbocycles. The van der Waals surface area contributed by atoms with Gasteiger partial charge < -0.3 is 4.98 Å². The summed E-state index contributed by atoms with van der Waals surface area (Å²) < 4.78 is 22.7. The van der Waals surface area contributed by atoms with Crippen LogP contribution < -0.4 is 10.0 Å². The molecule has 2 aromatic heterocycles. The Bertz CT molecular complexity index is 753. The lowest BCUT2D eigenvalue weighted by Gasteiger charge is -2.15. The van der Waals surface area contributed by atoms with Gasteiger partial charge in [-0.25, -0.2) is 23.5 Å². The molecule has 1 atom stereocenters. The van der Waals surface area contributed by atoms with E-state index in [-0.39, 0.29) is 18.9 Å². The topological polar surface area (TPSA) is 122 Å². The molecule has 1 fully saturated rings. The monoisotopic (exact) mass is 281 g/mol. The summed E-state index contributed by atoms with van der Waals surface area (Å²) in [6.45, 7) is 0.0228. The molecule has 19 heavy (non-hydrogen) atoms. The Morgan fingerprint density at radius 1 is 1.42 bits per heavy atom. The zero-order chi connectivity index (χ0) is 13.6. The molecule has 9 heteroatoms. The summed E-state index contributed by atoms with van der Waals surface area (Å²) in [6.07, 6.45) is 2.89. The lowest BCUT2D eigenvalue weighted by molar-refractivity contribution is -0.117. The molecule has 100 valence electrons. The van der Waals surface area contributed by atoms with Gasteiger partial charge in [0, 0.05) is 19.2 Å². The Labute approximate surface area is 108 Å². The van der Waals surface area contributed by atoms with Crippen molar-refractivity contribution in [3.8, 4) is 0 Å². The molecule has 1 saturated heterocycles. The number of aromatic amines is 1. The maximum atomic E-state index is 11.9. The number of hydrogen-bond donors (Lipinski definition) is 2. The van der Waals surface area contributed by atoms with E-state index in [1.165, 1.54) is 11.2 Å². The number of carbonyl (C=O) groups excluding carboxylic acids is 1. The summed E-state index contributed by atoms with van der Waals surface area (Å²) >= 11 is 0. The van der Waals surface area contributed by atoms with Gasteiger partial charge >= 0.3 is 0 Å². The summed E-state index contributed by atoms with van der Waals surface area (Å²) in [6, 6.07) is 1.74. The SMILES string of the molecule is NS(=O)(=O)C1CC(=O)N(c2ncnc3[nH]ccc23)C1. The van der Waals surface area contributed by atoms with Gasteiger partial charge in [-0.05, 0) is 6.07 Å². The van der Waals surface area contributed by atoms with Crippen LogP contribution in [0, 0.1) is 0 Å². The van der Waals surface area contributed by atoms with E-state index in [0.717, 1.165) is 0 Å². The quantitative estimate of drug-likeness (QED) is 0.757. The van der Waals surface area contributed by atoms with Crippen molar-refractivity contribution < 1.29 is 13.2 Å². The standard InChI is InChI=1S/C10H11N5O3S/c11-19(17,18)6-3-8(16)15(4-6)10-7-1-2-12-9(7)13-5-14-10/h1-2,5-6H,3-4H2,(H2,11,17,18)(H,12,13,14). The number of primary sulfonamides is 1. The van der Waals surface area contributed by atoms with Crippen LogP contribution in [-0.2, 0) is 14.8 Å². The first-order valence-electron chi connectivity index (χ1n) is 5.57. The third kappa shape index (κ3) is 1.96. The highest BCUT2D eigenvalue weighted by Crippen LogP contribution is 2.27. The molecule has 3 N–H and O–H groups in total. The molecule has 0 bridgehead atoms. The van der Waals surface area contributed by atoms with E-state index in [1.807, 2.05) is 0 Å². The number of hydrogen-bond acceptors (Lipinski definition) is 5. The molecular formula is C10H11N5O3S. The fourth-order valence-corrected chi connectivity index (χ4v) is 2.91. The summed E-state index contributed by atoms with van der Waals surface area (Å²) in [5, 5.41) is 4.88. The van der Waals surface area contributed by atoms with E-state index in [2.05, 4.69) is 15.0 Å². The van der Waals surface area contributed by atoms with E-state index >= 15 is 0 Å². The van der Waals surface area contributed by atoms with Crippen molar-refractivity contribution >= 4 is 32.8 Å². The van der Waals surface area contributed by atoms with Crippen LogP contribution >= 0.6 is 0 Å². The molecule has 8 nitrogen and oxygen atoms in total. The van der Waals surface area contributed by atoms with Crippen LogP contribution in [0.25, 0.3) is 11.0 Å². The number of nitrogens with two attached hydrogens (primary N) is 1. The van der Waals surface area contributed by atoms with Crippen molar-refractivity contribution in [2.24, 2.45) is 5.14 Å². The first-order valence-corrected chi connectivity index (χ1v) is 7.18. The van der Waals surface area contributed by atoms with E-state index in [0.29, 0.717) is 16.9 Å². The van der Waals surface area contributed by atoms with E-state index < -0.39 is 15.3 Å². The lowest BCUT2D eigenvalue weighted by atomic mass is 10.3. The van der Waals surface area contributed by atoms with Crippen molar-refractivity contribution in [3.05, 3.63) is 18.6 Å². The Balaban J connectivity index is 2.04. The Kier molecular flexibility index (Phi) is 2.54. The molecule has 0 spiro atoms. The van der Waals surface area contributed by atoms with Crippen molar-refractivity contribution in [3.63, 3.8) is 0 Å². The number of rotatable bonds is 2. The number of H-pyrrole nitrogens is 1. The zero-order valence-corrected chi connectivity index (χ0v) is 10.6. The van der Waals surface area contributed by atoms with Gasteiger partial charge in [0.25, 0.3) is 0 Å². The average Bonchev–Trinajstić information content (AvgIpc) is 2.93. The second kappa shape index (κ2) is 4.00. The molecule has 1 unspecified atom stereocenters. The highest BCUT2D eigenvalue weighted by Gasteiger charge is 2.38. The summed E-state index contributed by atoms with van der Waals surface area (Å²) in [4.78, 5) is 24.3. The molecule has 1 aliphatic heterocycles. The van der Waals surface area contributed by atoms with Gasteiger partial charge in [-0.15, -0.1) is 0 Å². The minimum Gasteiger partial charge on any atom is -0.346 e. The second-order valence-corrected chi connectivity index (χ2v) is 6.20. The second-order valence-electron chi connectivity index (χ2n) is 4.36. The molecule has 2 aromatic rings. The number of aromatic nitrogens is 3. The summed E-state index contributed by atoms with van der Waals surface area (Å²) in [5.41, 5.74) is 0.594. The summed E-state index contributed by atoms with van der Waals surface area (Å²) in [5.74, 6) is 0.0997. The number of anilines is 1. The maximum Gasteiger partial charge on any atom is 0.229 e. The van der Waals surface area contributed by atoms with E-state index in [1.54, 1.807) is 12.3 Å². The normalized spacial score (nSPS) is 20.4. The minimum atomic E-state index is -3.73. The maximum absolute atomic E-state index is 11.9. The highest BCUT2D eigenvalue weighted by molar-refractivity contribution is 7.89. The number of sulfonamides is 1. The van der Waals surface area contributed by atoms with Crippen LogP contribution in [0.2, 0.25) is 0 Å². The molecule has 1 aliphatic rings. The number of carbonyl (C=O) groups is 1. The van der Waals surface area contributed by atoms with Gasteiger partial charge in [0.2, 0.25) is 15.9 Å². The van der Waals surface area contributed by atoms with Crippen LogP contribution in [0.1, 0.15) is 6.42 Å². The highest BCUT2D eigenvalue weighted by atomic mass is 32.2. The molecule has 3 rings (SSSR count). The fourth-order valence-electron chi connectivity index (χ4n) is 2.17. The van der Waals surface area contributed by atoms with Crippen LogP contribution in [0.15, 0.2) is 18.6 Å². The van der Waals surface area contributed by atoms with Gasteiger partial charge in [0.1, 0.15) is 23.0 Å². The molecule has 1 amide bonds. The van der Waals surface area contributed by atoms with E-state index in [9.17, 15) is 13.2 Å². The van der Waals surface area contributed by atoms with E-state index in [4.69, 9.17) is 5.14 Å². The molecular weight excluding hydrogens is 270 g/mol. The molecule has 0 aromatic carbocycles. The van der Waals surface area contributed by atoms with Gasteiger partial charge in [0.15, 0.2) is 0 Å². The van der Waals surface area contributed by atoms with Crippen LogP contribution in [0.3, 0.4) is 0 Å². The first kappa shape index (κ1) is 12.1. The lowest BCUT2D eigenvalue weighted by Crippen LogP contribution is -2.32. The third-order valence-electron chi connectivity index (χ3n) is 3.14. The molecule has 0 saturated carbocycles. The number of amides is 1. The summed E-state index contributed by atoms with van der Waals surface area (Å²) in [7, 11) is -3.73. The Morgan fingerprint density at radius 2 is 2.21 bits per heavy atom. The number of nitrogens with one attached hydrogen (secondary N) is 1. The van der Waals surface area contributed by atoms with Gasteiger partial charge in [-0.3, -0.25) is 9.69 Å². The van der Waals surface area contributed by atoms with Gasteiger partial charge in [0.05, 0.1) is 5.39 Å². The smallest absolute Gasteiger partial charge is 0.229 e. The van der Waals surface area contributed by atoms with Crippen LogP contribution in [0.5, 0.6) is 0 Å². The van der Waals surface area contributed by atoms with Crippen molar-refractivity contribution in [2.75, 3.05) is 11.4 Å². The Hall–Kier alpha value is -2.00. The van der Waals surface area contributed by atoms with Crippen molar-refractivity contribution in [1.29, 1.82) is 0 Å². The third-order valence-corrected chi connectivity index (χ3v) is 4.39. The first-order chi connectivity index (χ1) is 8.97. The van der Waals surface area contributed by atoms with Crippen LogP contribution in [0.4, 0.5) is 5.82 Å². The Morgan fingerprint density at radius 3 is 2.89 bits per heavy atom. The van der Waals surface area contributed by atoms with Gasteiger partial charge in [-0.1, -0.05) is 0 Å². The number of fused-ring (bicyclic) bond motifs is 1. The predicted molar refractivity (Wildman–Crippen MR) is 67.8 cm³/mol. The molecule has 3 heterocycles. The van der Waals surface area contributed by atoms with Crippen molar-refractivity contribution in [2.45, 2.75) is 11.7 Å². The predicted octanol–water partition coefficient (Wildman–Crippen LogP) is -0.648.